The van der Waals surface area contributed by atoms with Crippen molar-refractivity contribution in [3.05, 3.63) is 29.6 Å². The summed E-state index contributed by atoms with van der Waals surface area (Å²) in [6, 6.07) is 3.98. The SMILES string of the molecule is Cc1ccc(F)cc1NC(=O)C1CCCN1C(=O)C12CC3CC(CC(C3)C1)C2. The van der Waals surface area contributed by atoms with E-state index < -0.39 is 6.04 Å². The van der Waals surface area contributed by atoms with Crippen LogP contribution in [0, 0.1) is 35.9 Å². The minimum Gasteiger partial charge on any atom is -0.330 e. The van der Waals surface area contributed by atoms with Crippen LogP contribution < -0.4 is 5.32 Å². The molecule has 1 aliphatic heterocycles. The highest BCUT2D eigenvalue weighted by Crippen LogP contribution is 2.60. The van der Waals surface area contributed by atoms with E-state index in [2.05, 4.69) is 5.32 Å². The minimum absolute atomic E-state index is 0.177. The van der Waals surface area contributed by atoms with Crippen LogP contribution in [0.15, 0.2) is 18.2 Å². The maximum atomic E-state index is 13.7. The van der Waals surface area contributed by atoms with Gasteiger partial charge in [-0.2, -0.15) is 0 Å². The molecule has 4 nitrogen and oxygen atoms in total. The molecule has 0 spiro atoms. The number of anilines is 1. The Morgan fingerprint density at radius 2 is 1.75 bits per heavy atom. The number of aryl methyl sites for hydroxylation is 1. The number of nitrogens with one attached hydrogen (secondary N) is 1. The predicted molar refractivity (Wildman–Crippen MR) is 105 cm³/mol. The van der Waals surface area contributed by atoms with E-state index in [0.717, 1.165) is 31.2 Å². The number of rotatable bonds is 3. The molecule has 1 saturated heterocycles. The summed E-state index contributed by atoms with van der Waals surface area (Å²) in [5, 5.41) is 2.88. The van der Waals surface area contributed by atoms with Crippen LogP contribution in [0.2, 0.25) is 0 Å². The van der Waals surface area contributed by atoms with Gasteiger partial charge >= 0.3 is 0 Å². The van der Waals surface area contributed by atoms with Gasteiger partial charge in [-0.05, 0) is 93.7 Å². The van der Waals surface area contributed by atoms with Crippen LogP contribution in [0.5, 0.6) is 0 Å². The molecule has 5 heteroatoms. The molecule has 1 N–H and O–H groups in total. The number of amides is 2. The van der Waals surface area contributed by atoms with Crippen molar-refractivity contribution in [1.29, 1.82) is 0 Å². The van der Waals surface area contributed by atoms with Crippen LogP contribution in [0.25, 0.3) is 0 Å². The lowest BCUT2D eigenvalue weighted by atomic mass is 9.49. The Balaban J connectivity index is 1.34. The monoisotopic (exact) mass is 384 g/mol. The molecule has 1 heterocycles. The van der Waals surface area contributed by atoms with Gasteiger partial charge in [0.15, 0.2) is 0 Å². The van der Waals surface area contributed by atoms with Crippen molar-refractivity contribution in [3.63, 3.8) is 0 Å². The summed E-state index contributed by atoms with van der Waals surface area (Å²) in [6.07, 6.45) is 8.51. The van der Waals surface area contributed by atoms with Crippen LogP contribution in [0.4, 0.5) is 10.1 Å². The van der Waals surface area contributed by atoms with Crippen molar-refractivity contribution in [2.45, 2.75) is 64.3 Å². The summed E-state index contributed by atoms with van der Waals surface area (Å²) in [4.78, 5) is 28.5. The highest BCUT2D eigenvalue weighted by molar-refractivity contribution is 5.98. The first-order valence-corrected chi connectivity index (χ1v) is 10.8. The van der Waals surface area contributed by atoms with E-state index in [9.17, 15) is 14.0 Å². The number of benzene rings is 1. The Hall–Kier alpha value is -1.91. The summed E-state index contributed by atoms with van der Waals surface area (Å²) in [5.41, 5.74) is 1.11. The van der Waals surface area contributed by atoms with E-state index in [4.69, 9.17) is 0 Å². The van der Waals surface area contributed by atoms with Crippen LogP contribution in [-0.4, -0.2) is 29.3 Å². The molecule has 4 bridgehead atoms. The van der Waals surface area contributed by atoms with E-state index in [1.54, 1.807) is 6.07 Å². The van der Waals surface area contributed by atoms with Crippen molar-refractivity contribution >= 4 is 17.5 Å². The molecule has 6 rings (SSSR count). The standard InChI is InChI=1S/C23H29FN2O2/c1-14-4-5-18(24)10-19(14)25-21(27)20-3-2-6-26(20)22(28)23-11-15-7-16(12-23)9-17(8-15)13-23/h4-5,10,15-17,20H,2-3,6-9,11-13H2,1H3,(H,25,27). The third kappa shape index (κ3) is 2.94. The van der Waals surface area contributed by atoms with E-state index in [1.165, 1.54) is 31.4 Å². The molecule has 1 aromatic carbocycles. The Bertz CT molecular complexity index is 786. The van der Waals surface area contributed by atoms with Gasteiger partial charge in [0.2, 0.25) is 11.8 Å². The molecule has 150 valence electrons. The molecule has 28 heavy (non-hydrogen) atoms. The first-order chi connectivity index (χ1) is 13.4. The van der Waals surface area contributed by atoms with Crippen LogP contribution in [0.1, 0.15) is 56.9 Å². The molecule has 1 unspecified atom stereocenters. The molecule has 4 saturated carbocycles. The molecule has 0 radical (unpaired) electrons. The first kappa shape index (κ1) is 18.1. The zero-order valence-corrected chi connectivity index (χ0v) is 16.5. The summed E-state index contributed by atoms with van der Waals surface area (Å²) in [6.45, 7) is 2.52. The highest BCUT2D eigenvalue weighted by Gasteiger charge is 2.56. The molecular weight excluding hydrogens is 355 g/mol. The van der Waals surface area contributed by atoms with E-state index in [0.29, 0.717) is 36.4 Å². The Kier molecular flexibility index (Phi) is 4.25. The number of hydrogen-bond donors (Lipinski definition) is 1. The smallest absolute Gasteiger partial charge is 0.247 e. The zero-order chi connectivity index (χ0) is 19.5. The van der Waals surface area contributed by atoms with Crippen molar-refractivity contribution in [1.82, 2.24) is 4.90 Å². The van der Waals surface area contributed by atoms with E-state index in [-0.39, 0.29) is 23.0 Å². The van der Waals surface area contributed by atoms with Crippen LogP contribution in [-0.2, 0) is 9.59 Å². The van der Waals surface area contributed by atoms with Crippen molar-refractivity contribution in [2.24, 2.45) is 23.2 Å². The van der Waals surface area contributed by atoms with Crippen molar-refractivity contribution < 1.29 is 14.0 Å². The van der Waals surface area contributed by atoms with Gasteiger partial charge in [0.25, 0.3) is 0 Å². The van der Waals surface area contributed by atoms with Crippen LogP contribution >= 0.6 is 0 Å². The molecule has 2 amide bonds. The van der Waals surface area contributed by atoms with Crippen molar-refractivity contribution in [2.75, 3.05) is 11.9 Å². The molecule has 5 aliphatic rings. The average Bonchev–Trinajstić information content (AvgIpc) is 3.12. The fourth-order valence-electron chi connectivity index (χ4n) is 6.90. The number of hydrogen-bond acceptors (Lipinski definition) is 2. The van der Waals surface area contributed by atoms with Crippen LogP contribution in [0.3, 0.4) is 0 Å². The van der Waals surface area contributed by atoms with Gasteiger partial charge in [0.1, 0.15) is 11.9 Å². The molecule has 1 aromatic rings. The molecular formula is C23H29FN2O2. The lowest BCUT2D eigenvalue weighted by Crippen LogP contribution is -2.56. The van der Waals surface area contributed by atoms with Gasteiger partial charge in [0.05, 0.1) is 5.41 Å². The second kappa shape index (κ2) is 6.57. The van der Waals surface area contributed by atoms with Gasteiger partial charge in [0, 0.05) is 12.2 Å². The summed E-state index contributed by atoms with van der Waals surface area (Å²) < 4.78 is 13.6. The van der Waals surface area contributed by atoms with Crippen molar-refractivity contribution in [3.8, 4) is 0 Å². The number of halogens is 1. The minimum atomic E-state index is -0.428. The first-order valence-electron chi connectivity index (χ1n) is 10.8. The third-order valence-electron chi connectivity index (χ3n) is 7.77. The fraction of sp³-hybridized carbons (Fsp3) is 0.652. The lowest BCUT2D eigenvalue weighted by Gasteiger charge is -2.56. The molecule has 5 fully saturated rings. The number of likely N-dealkylation sites (tertiary alicyclic amines) is 1. The molecule has 1 atom stereocenters. The molecule has 4 aliphatic carbocycles. The van der Waals surface area contributed by atoms with Gasteiger partial charge in [-0.25, -0.2) is 4.39 Å². The maximum absolute atomic E-state index is 13.7. The number of carbonyl (C=O) groups is 2. The number of carbonyl (C=O) groups excluding carboxylic acids is 2. The second-order valence-electron chi connectivity index (χ2n) is 9.80. The largest absolute Gasteiger partial charge is 0.330 e. The number of nitrogens with zero attached hydrogens (tertiary/aromatic N) is 1. The van der Waals surface area contributed by atoms with Gasteiger partial charge in [-0.3, -0.25) is 9.59 Å². The normalized spacial score (nSPS) is 36.0. The summed E-state index contributed by atoms with van der Waals surface area (Å²) >= 11 is 0. The third-order valence-corrected chi connectivity index (χ3v) is 7.77. The lowest BCUT2D eigenvalue weighted by molar-refractivity contribution is -0.160. The van der Waals surface area contributed by atoms with Gasteiger partial charge in [-0.15, -0.1) is 0 Å². The Morgan fingerprint density at radius 1 is 1.11 bits per heavy atom. The molecule has 0 aromatic heterocycles. The van der Waals surface area contributed by atoms with E-state index in [1.807, 2.05) is 11.8 Å². The summed E-state index contributed by atoms with van der Waals surface area (Å²) in [5.74, 6) is 1.80. The zero-order valence-electron chi connectivity index (χ0n) is 16.5. The maximum Gasteiger partial charge on any atom is 0.247 e. The predicted octanol–water partition coefficient (Wildman–Crippen LogP) is 4.28. The quantitative estimate of drug-likeness (QED) is 0.846. The average molecular weight is 384 g/mol. The van der Waals surface area contributed by atoms with E-state index >= 15 is 0 Å². The topological polar surface area (TPSA) is 49.4 Å². The van der Waals surface area contributed by atoms with Gasteiger partial charge in [-0.1, -0.05) is 6.07 Å². The fourth-order valence-corrected chi connectivity index (χ4v) is 6.90. The second-order valence-corrected chi connectivity index (χ2v) is 9.80. The summed E-state index contributed by atoms with van der Waals surface area (Å²) in [7, 11) is 0. The van der Waals surface area contributed by atoms with Gasteiger partial charge < -0.3 is 10.2 Å². The Labute approximate surface area is 165 Å². The Morgan fingerprint density at radius 3 is 2.39 bits per heavy atom. The highest BCUT2D eigenvalue weighted by atomic mass is 19.1.